The van der Waals surface area contributed by atoms with E-state index in [2.05, 4.69) is 18.7 Å². The lowest BCUT2D eigenvalue weighted by atomic mass is 9.91. The molecular weight excluding hydrogens is 225 g/mol. The van der Waals surface area contributed by atoms with Gasteiger partial charge in [0.1, 0.15) is 13.4 Å². The van der Waals surface area contributed by atoms with Crippen molar-refractivity contribution >= 4 is 30.0 Å². The molecule has 0 aliphatic heterocycles. The van der Waals surface area contributed by atoms with Crippen molar-refractivity contribution in [2.75, 3.05) is 18.0 Å². The Morgan fingerprint density at radius 3 is 2.56 bits per heavy atom. The molecule has 0 fully saturated rings. The van der Waals surface area contributed by atoms with E-state index in [4.69, 9.17) is 12.3 Å². The van der Waals surface area contributed by atoms with Gasteiger partial charge in [0.25, 0.3) is 0 Å². The van der Waals surface area contributed by atoms with E-state index in [9.17, 15) is 4.79 Å². The lowest BCUT2D eigenvalue weighted by Gasteiger charge is -2.21. The summed E-state index contributed by atoms with van der Waals surface area (Å²) in [4.78, 5) is 13.8. The first-order chi connectivity index (χ1) is 8.58. The summed E-state index contributed by atoms with van der Waals surface area (Å²) < 4.78 is 5.25. The first kappa shape index (κ1) is 12.7. The van der Waals surface area contributed by atoms with Crippen LogP contribution < -0.4 is 16.0 Å². The molecule has 0 aliphatic rings. The van der Waals surface area contributed by atoms with Crippen LogP contribution in [0.2, 0.25) is 0 Å². The highest BCUT2D eigenvalue weighted by molar-refractivity contribution is 6.33. The molecule has 4 heteroatoms. The van der Waals surface area contributed by atoms with Gasteiger partial charge < -0.3 is 9.32 Å². The number of hydrogen-bond donors (Lipinski definition) is 0. The molecule has 92 valence electrons. The van der Waals surface area contributed by atoms with E-state index in [1.54, 1.807) is 0 Å². The van der Waals surface area contributed by atoms with Gasteiger partial charge in [-0.2, -0.15) is 0 Å². The largest absolute Gasteiger partial charge is 0.423 e. The number of benzene rings is 1. The van der Waals surface area contributed by atoms with Gasteiger partial charge >= 0.3 is 5.63 Å². The molecule has 2 radical (unpaired) electrons. The second-order valence-electron chi connectivity index (χ2n) is 4.28. The molecule has 0 saturated carbocycles. The summed E-state index contributed by atoms with van der Waals surface area (Å²) in [6.07, 6.45) is 0. The van der Waals surface area contributed by atoms with Crippen LogP contribution in [-0.4, -0.2) is 20.9 Å². The van der Waals surface area contributed by atoms with E-state index >= 15 is 0 Å². The van der Waals surface area contributed by atoms with Crippen molar-refractivity contribution in [2.45, 2.75) is 20.8 Å². The second kappa shape index (κ2) is 4.88. The van der Waals surface area contributed by atoms with Crippen LogP contribution in [-0.2, 0) is 0 Å². The summed E-state index contributed by atoms with van der Waals surface area (Å²) >= 11 is 0. The van der Waals surface area contributed by atoms with Gasteiger partial charge in [-0.3, -0.25) is 0 Å². The van der Waals surface area contributed by atoms with Crippen LogP contribution in [0.15, 0.2) is 27.4 Å². The van der Waals surface area contributed by atoms with Gasteiger partial charge in [0.15, 0.2) is 0 Å². The van der Waals surface area contributed by atoms with Crippen molar-refractivity contribution in [1.82, 2.24) is 0 Å². The Balaban J connectivity index is 2.66. The Bertz CT molecular complexity index is 629. The zero-order chi connectivity index (χ0) is 13.3. The number of rotatable bonds is 3. The van der Waals surface area contributed by atoms with Crippen LogP contribution >= 0.6 is 0 Å². The van der Waals surface area contributed by atoms with Crippen molar-refractivity contribution in [2.24, 2.45) is 0 Å². The Morgan fingerprint density at radius 1 is 1.28 bits per heavy atom. The first-order valence-electron chi connectivity index (χ1n) is 6.16. The minimum Gasteiger partial charge on any atom is -0.423 e. The van der Waals surface area contributed by atoms with Crippen LogP contribution in [0.25, 0.3) is 11.0 Å². The fraction of sp³-hybridized carbons (Fsp3) is 0.357. The average Bonchev–Trinajstić information content (AvgIpc) is 2.37. The zero-order valence-electron chi connectivity index (χ0n) is 11.0. The number of hydrogen-bond acceptors (Lipinski definition) is 3. The Hall–Kier alpha value is -1.71. The summed E-state index contributed by atoms with van der Waals surface area (Å²) in [6.45, 7) is 7.86. The predicted octanol–water partition coefficient (Wildman–Crippen LogP) is 1.74. The molecule has 0 atom stereocenters. The lowest BCUT2D eigenvalue weighted by Crippen LogP contribution is -2.27. The smallest absolute Gasteiger partial charge is 0.329 e. The van der Waals surface area contributed by atoms with Crippen molar-refractivity contribution in [3.8, 4) is 0 Å². The third kappa shape index (κ3) is 2.03. The molecule has 1 heterocycles. The maximum atomic E-state index is 11.6. The van der Waals surface area contributed by atoms with E-state index < -0.39 is 5.63 Å². The molecule has 2 rings (SSSR count). The van der Waals surface area contributed by atoms with Crippen LogP contribution in [0.4, 0.5) is 5.69 Å². The van der Waals surface area contributed by atoms with Gasteiger partial charge in [-0.05, 0) is 43.9 Å². The molecule has 0 amide bonds. The van der Waals surface area contributed by atoms with Gasteiger partial charge in [0, 0.05) is 30.2 Å². The average molecular weight is 241 g/mol. The molecule has 0 unspecified atom stereocenters. The number of nitrogens with zero attached hydrogens (tertiary/aromatic N) is 1. The third-order valence-corrected chi connectivity index (χ3v) is 3.32. The molecule has 1 aromatic carbocycles. The number of fused-ring (bicyclic) bond motifs is 1. The van der Waals surface area contributed by atoms with E-state index in [0.717, 1.165) is 29.7 Å². The quantitative estimate of drug-likeness (QED) is 0.606. The van der Waals surface area contributed by atoms with Crippen molar-refractivity contribution in [1.29, 1.82) is 0 Å². The van der Waals surface area contributed by atoms with Gasteiger partial charge in [0.05, 0.1) is 0 Å². The Kier molecular flexibility index (Phi) is 3.46. The topological polar surface area (TPSA) is 33.5 Å². The molecule has 2 aromatic rings. The highest BCUT2D eigenvalue weighted by Crippen LogP contribution is 2.22. The standard InChI is InChI=1S/C14H16BNO2/c1-4-16(5-2)10-6-7-11-9(3)13(15)14(17)18-12(11)8-10/h6-8H,4-5H2,1-3H3. The predicted molar refractivity (Wildman–Crippen MR) is 76.2 cm³/mol. The van der Waals surface area contributed by atoms with E-state index in [-0.39, 0.29) is 5.46 Å². The SMILES string of the molecule is [B]c1c(C)c2ccc(N(CC)CC)cc2oc1=O. The van der Waals surface area contributed by atoms with E-state index in [1.165, 1.54) is 0 Å². The van der Waals surface area contributed by atoms with Crippen LogP contribution in [0.1, 0.15) is 19.4 Å². The summed E-state index contributed by atoms with van der Waals surface area (Å²) in [5, 5.41) is 0.892. The summed E-state index contributed by atoms with van der Waals surface area (Å²) in [5.41, 5.74) is 2.16. The highest BCUT2D eigenvalue weighted by Gasteiger charge is 2.09. The molecule has 0 N–H and O–H groups in total. The van der Waals surface area contributed by atoms with Gasteiger partial charge in [-0.1, -0.05) is 0 Å². The molecule has 1 aromatic heterocycles. The Morgan fingerprint density at radius 2 is 1.94 bits per heavy atom. The number of aryl methyl sites for hydroxylation is 1. The van der Waals surface area contributed by atoms with Gasteiger partial charge in [-0.25, -0.2) is 4.79 Å². The molecule has 0 saturated heterocycles. The van der Waals surface area contributed by atoms with Crippen LogP contribution in [0.5, 0.6) is 0 Å². The normalized spacial score (nSPS) is 10.8. The maximum Gasteiger partial charge on any atom is 0.329 e. The third-order valence-electron chi connectivity index (χ3n) is 3.32. The summed E-state index contributed by atoms with van der Waals surface area (Å²) in [5.74, 6) is 0. The van der Waals surface area contributed by atoms with Crippen LogP contribution in [0.3, 0.4) is 0 Å². The lowest BCUT2D eigenvalue weighted by molar-refractivity contribution is 0.565. The van der Waals surface area contributed by atoms with Gasteiger partial charge in [-0.15, -0.1) is 0 Å². The summed E-state index contributed by atoms with van der Waals surface area (Å²) in [6, 6.07) is 5.88. The molecule has 0 aliphatic carbocycles. The minimum absolute atomic E-state index is 0.193. The summed E-state index contributed by atoms with van der Waals surface area (Å²) in [7, 11) is 5.68. The molecule has 3 nitrogen and oxygen atoms in total. The fourth-order valence-electron chi connectivity index (χ4n) is 2.14. The van der Waals surface area contributed by atoms with Crippen molar-refractivity contribution in [3.05, 3.63) is 34.2 Å². The second-order valence-corrected chi connectivity index (χ2v) is 4.28. The van der Waals surface area contributed by atoms with Crippen molar-refractivity contribution in [3.63, 3.8) is 0 Å². The fourth-order valence-corrected chi connectivity index (χ4v) is 2.14. The van der Waals surface area contributed by atoms with Crippen molar-refractivity contribution < 1.29 is 4.42 Å². The first-order valence-corrected chi connectivity index (χ1v) is 6.16. The molecule has 0 spiro atoms. The highest BCUT2D eigenvalue weighted by atomic mass is 16.4. The minimum atomic E-state index is -0.461. The molecule has 0 bridgehead atoms. The molecule has 18 heavy (non-hydrogen) atoms. The number of anilines is 1. The molecular formula is C14H16BNO2. The van der Waals surface area contributed by atoms with Gasteiger partial charge in [0.2, 0.25) is 0 Å². The zero-order valence-corrected chi connectivity index (χ0v) is 11.0. The monoisotopic (exact) mass is 241 g/mol. The Labute approximate surface area is 108 Å². The van der Waals surface area contributed by atoms with Crippen LogP contribution in [0, 0.1) is 6.92 Å². The van der Waals surface area contributed by atoms with E-state index in [1.807, 2.05) is 25.1 Å². The van der Waals surface area contributed by atoms with E-state index in [0.29, 0.717) is 5.58 Å². The maximum absolute atomic E-state index is 11.6.